The first-order valence-corrected chi connectivity index (χ1v) is 2.92. The Bertz CT molecular complexity index is 202. The fraction of sp³-hybridized carbons (Fsp3) is 0.500. The molecular formula is C6H11N3. The highest BCUT2D eigenvalue weighted by atomic mass is 15.3. The topological polar surface area (TPSA) is 29.9 Å². The second kappa shape index (κ2) is 2.09. The van der Waals surface area contributed by atoms with E-state index in [4.69, 9.17) is 0 Å². The van der Waals surface area contributed by atoms with Gasteiger partial charge in [0.2, 0.25) is 0 Å². The maximum absolute atomic E-state index is 4.04. The monoisotopic (exact) mass is 125 g/mol. The van der Waals surface area contributed by atoms with Crippen LogP contribution < -0.4 is 5.32 Å². The van der Waals surface area contributed by atoms with Crippen molar-refractivity contribution in [3.8, 4) is 0 Å². The van der Waals surface area contributed by atoms with Crippen LogP contribution in [0, 0.1) is 6.92 Å². The minimum Gasteiger partial charge on any atom is -0.385 e. The molecule has 3 heteroatoms. The number of rotatable bonds is 1. The van der Waals surface area contributed by atoms with Crippen LogP contribution in [-0.4, -0.2) is 16.8 Å². The van der Waals surface area contributed by atoms with Gasteiger partial charge >= 0.3 is 0 Å². The molecular weight excluding hydrogens is 114 g/mol. The molecule has 0 aromatic carbocycles. The molecule has 1 aromatic heterocycles. The number of nitrogens with one attached hydrogen (secondary N) is 1. The van der Waals surface area contributed by atoms with E-state index in [9.17, 15) is 0 Å². The molecule has 0 amide bonds. The Kier molecular flexibility index (Phi) is 1.42. The van der Waals surface area contributed by atoms with Gasteiger partial charge in [0.15, 0.2) is 0 Å². The molecule has 0 unspecified atom stereocenters. The van der Waals surface area contributed by atoms with Crippen LogP contribution in [0.25, 0.3) is 0 Å². The number of aromatic nitrogens is 2. The molecule has 0 saturated carbocycles. The lowest BCUT2D eigenvalue weighted by Gasteiger charge is -1.96. The van der Waals surface area contributed by atoms with Gasteiger partial charge in [0.05, 0.1) is 17.6 Å². The van der Waals surface area contributed by atoms with Gasteiger partial charge in [0.25, 0.3) is 0 Å². The summed E-state index contributed by atoms with van der Waals surface area (Å²) in [6, 6.07) is 0. The summed E-state index contributed by atoms with van der Waals surface area (Å²) in [6.45, 7) is 2.03. The van der Waals surface area contributed by atoms with Gasteiger partial charge in [0.1, 0.15) is 0 Å². The molecule has 0 aliphatic rings. The van der Waals surface area contributed by atoms with Gasteiger partial charge in [-0.25, -0.2) is 0 Å². The summed E-state index contributed by atoms with van der Waals surface area (Å²) in [7, 11) is 3.82. The number of anilines is 1. The average molecular weight is 125 g/mol. The van der Waals surface area contributed by atoms with Crippen LogP contribution in [-0.2, 0) is 7.05 Å². The molecule has 0 atom stereocenters. The second-order valence-electron chi connectivity index (χ2n) is 2.02. The third-order valence-electron chi connectivity index (χ3n) is 1.50. The fourth-order valence-electron chi connectivity index (χ4n) is 0.744. The lowest BCUT2D eigenvalue weighted by Crippen LogP contribution is -1.94. The van der Waals surface area contributed by atoms with E-state index in [-0.39, 0.29) is 0 Å². The van der Waals surface area contributed by atoms with Gasteiger partial charge in [-0.2, -0.15) is 5.10 Å². The number of aryl methyl sites for hydroxylation is 1. The zero-order valence-corrected chi connectivity index (χ0v) is 5.97. The Morgan fingerprint density at radius 2 is 2.33 bits per heavy atom. The zero-order valence-electron chi connectivity index (χ0n) is 5.97. The lowest BCUT2D eigenvalue weighted by molar-refractivity contribution is 0.740. The maximum Gasteiger partial charge on any atom is 0.0753 e. The van der Waals surface area contributed by atoms with Gasteiger partial charge in [-0.05, 0) is 6.92 Å². The summed E-state index contributed by atoms with van der Waals surface area (Å²) in [6.07, 6.45) is 1.81. The average Bonchev–Trinajstić information content (AvgIpc) is 2.15. The molecule has 9 heavy (non-hydrogen) atoms. The first-order chi connectivity index (χ1) is 4.25. The molecule has 0 aliphatic heterocycles. The van der Waals surface area contributed by atoms with Crippen molar-refractivity contribution in [2.24, 2.45) is 7.05 Å². The fourth-order valence-corrected chi connectivity index (χ4v) is 0.744. The normalized spacial score (nSPS) is 9.67. The van der Waals surface area contributed by atoms with E-state index in [1.54, 1.807) is 0 Å². The minimum atomic E-state index is 1.09. The number of nitrogens with zero attached hydrogens (tertiary/aromatic N) is 2. The Labute approximate surface area is 54.7 Å². The SMILES string of the molecule is CNc1cnn(C)c1C. The molecule has 1 rings (SSSR count). The molecule has 0 spiro atoms. The maximum atomic E-state index is 4.04. The van der Waals surface area contributed by atoms with Crippen molar-refractivity contribution in [1.29, 1.82) is 0 Å². The summed E-state index contributed by atoms with van der Waals surface area (Å²) in [5, 5.41) is 7.07. The van der Waals surface area contributed by atoms with Gasteiger partial charge in [0, 0.05) is 14.1 Å². The summed E-state index contributed by atoms with van der Waals surface area (Å²) in [5.41, 5.74) is 2.26. The molecule has 0 bridgehead atoms. The molecule has 3 nitrogen and oxygen atoms in total. The highest BCUT2D eigenvalue weighted by Gasteiger charge is 1.97. The highest BCUT2D eigenvalue weighted by molar-refractivity contribution is 5.44. The van der Waals surface area contributed by atoms with Gasteiger partial charge in [-0.3, -0.25) is 4.68 Å². The van der Waals surface area contributed by atoms with Gasteiger partial charge in [-0.15, -0.1) is 0 Å². The van der Waals surface area contributed by atoms with Crippen molar-refractivity contribution in [1.82, 2.24) is 9.78 Å². The summed E-state index contributed by atoms with van der Waals surface area (Å²) < 4.78 is 1.84. The predicted octanol–water partition coefficient (Wildman–Crippen LogP) is 0.770. The highest BCUT2D eigenvalue weighted by Crippen LogP contribution is 2.09. The molecule has 0 saturated heterocycles. The summed E-state index contributed by atoms with van der Waals surface area (Å²) in [5.74, 6) is 0. The Morgan fingerprint density at radius 3 is 2.56 bits per heavy atom. The number of hydrogen-bond acceptors (Lipinski definition) is 2. The summed E-state index contributed by atoms with van der Waals surface area (Å²) in [4.78, 5) is 0. The van der Waals surface area contributed by atoms with E-state index in [0.29, 0.717) is 0 Å². The standard InChI is InChI=1S/C6H11N3/c1-5-6(7-2)4-8-9(5)3/h4,7H,1-3H3. The number of hydrogen-bond donors (Lipinski definition) is 1. The largest absolute Gasteiger partial charge is 0.385 e. The van der Waals surface area contributed by atoms with Crippen molar-refractivity contribution in [2.45, 2.75) is 6.92 Å². The molecule has 1 heterocycles. The molecule has 50 valence electrons. The lowest BCUT2D eigenvalue weighted by atomic mass is 10.4. The smallest absolute Gasteiger partial charge is 0.0753 e. The van der Waals surface area contributed by atoms with Crippen molar-refractivity contribution in [3.05, 3.63) is 11.9 Å². The first kappa shape index (κ1) is 6.13. The Hall–Kier alpha value is -0.990. The van der Waals surface area contributed by atoms with E-state index in [0.717, 1.165) is 11.4 Å². The van der Waals surface area contributed by atoms with Crippen molar-refractivity contribution < 1.29 is 0 Å². The van der Waals surface area contributed by atoms with E-state index < -0.39 is 0 Å². The van der Waals surface area contributed by atoms with E-state index in [1.165, 1.54) is 0 Å². The van der Waals surface area contributed by atoms with Crippen molar-refractivity contribution in [3.63, 3.8) is 0 Å². The van der Waals surface area contributed by atoms with Crippen LogP contribution in [0.15, 0.2) is 6.20 Å². The van der Waals surface area contributed by atoms with E-state index >= 15 is 0 Å². The van der Waals surface area contributed by atoms with E-state index in [2.05, 4.69) is 10.4 Å². The summed E-state index contributed by atoms with van der Waals surface area (Å²) >= 11 is 0. The minimum absolute atomic E-state index is 1.09. The van der Waals surface area contributed by atoms with Crippen LogP contribution in [0.5, 0.6) is 0 Å². The van der Waals surface area contributed by atoms with Crippen LogP contribution >= 0.6 is 0 Å². The van der Waals surface area contributed by atoms with Crippen molar-refractivity contribution in [2.75, 3.05) is 12.4 Å². The Morgan fingerprint density at radius 1 is 1.67 bits per heavy atom. The second-order valence-corrected chi connectivity index (χ2v) is 2.02. The van der Waals surface area contributed by atoms with Gasteiger partial charge < -0.3 is 5.32 Å². The van der Waals surface area contributed by atoms with Crippen LogP contribution in [0.4, 0.5) is 5.69 Å². The van der Waals surface area contributed by atoms with E-state index in [1.807, 2.05) is 31.9 Å². The quantitative estimate of drug-likeness (QED) is 0.600. The third kappa shape index (κ3) is 0.896. The van der Waals surface area contributed by atoms with Crippen LogP contribution in [0.2, 0.25) is 0 Å². The molecule has 0 fully saturated rings. The van der Waals surface area contributed by atoms with Crippen LogP contribution in [0.1, 0.15) is 5.69 Å². The van der Waals surface area contributed by atoms with Gasteiger partial charge in [-0.1, -0.05) is 0 Å². The third-order valence-corrected chi connectivity index (χ3v) is 1.50. The predicted molar refractivity (Wildman–Crippen MR) is 37.5 cm³/mol. The van der Waals surface area contributed by atoms with Crippen molar-refractivity contribution >= 4 is 5.69 Å². The van der Waals surface area contributed by atoms with Crippen LogP contribution in [0.3, 0.4) is 0 Å². The zero-order chi connectivity index (χ0) is 6.85. The molecule has 1 aromatic rings. The molecule has 1 N–H and O–H groups in total. The molecule has 0 aliphatic carbocycles. The first-order valence-electron chi connectivity index (χ1n) is 2.92. The molecule has 0 radical (unpaired) electrons. The Balaban J connectivity index is 3.04.